The first-order valence-corrected chi connectivity index (χ1v) is 13.4. The Morgan fingerprint density at radius 3 is 1.59 bits per heavy atom. The molecular weight excluding hydrogens is 386 g/mol. The molecule has 0 radical (unpaired) electrons. The van der Waals surface area contributed by atoms with Crippen LogP contribution in [0.4, 0.5) is 0 Å². The molecule has 2 aromatic carbocycles. The van der Waals surface area contributed by atoms with Crippen LogP contribution in [0.1, 0.15) is 48.5 Å². The average Bonchev–Trinajstić information content (AvgIpc) is 3.11. The van der Waals surface area contributed by atoms with Gasteiger partial charge in [0, 0.05) is 5.92 Å². The van der Waals surface area contributed by atoms with Crippen LogP contribution >= 0.6 is 15.8 Å². The highest BCUT2D eigenvalue weighted by Crippen LogP contribution is 2.66. The molecule has 2 unspecified atom stereocenters. The maximum atomic E-state index is 2.51. The predicted molar refractivity (Wildman–Crippen MR) is 136 cm³/mol. The largest absolute Gasteiger partial charge is 0.0918 e. The Bertz CT molecular complexity index is 797. The summed E-state index contributed by atoms with van der Waals surface area (Å²) in [4.78, 5) is 0. The highest BCUT2D eigenvalue weighted by atomic mass is 31.1. The second-order valence-corrected chi connectivity index (χ2v) is 16.4. The van der Waals surface area contributed by atoms with E-state index in [4.69, 9.17) is 0 Å². The van der Waals surface area contributed by atoms with Crippen molar-refractivity contribution < 1.29 is 0 Å². The van der Waals surface area contributed by atoms with Gasteiger partial charge in [-0.15, -0.1) is 0 Å². The number of hydrogen-bond donors (Lipinski definition) is 0. The first-order chi connectivity index (χ1) is 13.6. The van der Waals surface area contributed by atoms with Gasteiger partial charge in [-0.25, -0.2) is 0 Å². The van der Waals surface area contributed by atoms with E-state index in [2.05, 4.69) is 127 Å². The highest BCUT2D eigenvalue weighted by Gasteiger charge is 2.42. The number of allylic oxidation sites excluding steroid dienone is 4. The first-order valence-electron chi connectivity index (χ1n) is 10.7. The summed E-state index contributed by atoms with van der Waals surface area (Å²) in [5.41, 5.74) is 0.646. The molecule has 0 saturated carbocycles. The van der Waals surface area contributed by atoms with Crippen molar-refractivity contribution in [3.8, 4) is 0 Å². The van der Waals surface area contributed by atoms with Crippen LogP contribution in [0.3, 0.4) is 0 Å². The van der Waals surface area contributed by atoms with E-state index in [9.17, 15) is 0 Å². The number of benzene rings is 2. The summed E-state index contributed by atoms with van der Waals surface area (Å²) >= 11 is 0. The summed E-state index contributed by atoms with van der Waals surface area (Å²) in [5, 5.41) is 5.19. The molecule has 29 heavy (non-hydrogen) atoms. The van der Waals surface area contributed by atoms with Crippen LogP contribution in [0, 0.1) is 5.92 Å². The van der Waals surface area contributed by atoms with E-state index in [1.165, 1.54) is 10.6 Å². The van der Waals surface area contributed by atoms with Crippen molar-refractivity contribution in [2.45, 2.75) is 64.4 Å². The van der Waals surface area contributed by atoms with Crippen LogP contribution in [0.2, 0.25) is 0 Å². The van der Waals surface area contributed by atoms with Gasteiger partial charge in [0.15, 0.2) is 0 Å². The molecule has 2 heteroatoms. The molecule has 2 aromatic rings. The molecule has 1 aliphatic carbocycles. The SMILES string of the molecule is CC(C1C=CC=C1P(c1ccccc1)c1ccccc1)P(C(C)(C)C)C(C)(C)C. The zero-order valence-corrected chi connectivity index (χ0v) is 20.8. The fraction of sp³-hybridized carbons (Fsp3) is 0.407. The second-order valence-electron chi connectivity index (χ2n) is 9.96. The lowest BCUT2D eigenvalue weighted by Gasteiger charge is -2.48. The molecule has 2 atom stereocenters. The third-order valence-electron chi connectivity index (χ3n) is 5.59. The Morgan fingerprint density at radius 1 is 0.724 bits per heavy atom. The van der Waals surface area contributed by atoms with E-state index in [1.807, 2.05) is 0 Å². The average molecular weight is 423 g/mol. The summed E-state index contributed by atoms with van der Waals surface area (Å²) in [6.45, 7) is 17.2. The van der Waals surface area contributed by atoms with Gasteiger partial charge in [-0.05, 0) is 39.8 Å². The minimum atomic E-state index is -0.511. The van der Waals surface area contributed by atoms with Gasteiger partial charge in [0.25, 0.3) is 0 Å². The molecule has 3 rings (SSSR count). The standard InChI is InChI=1S/C27H36P2/c1-21(29(26(2,3)4)27(5,6)7)24-19-14-20-25(24)28(22-15-10-8-11-16-22)23-17-12-9-13-18-23/h8-21,24H,1-7H3. The molecular formula is C27H36P2. The van der Waals surface area contributed by atoms with Crippen molar-refractivity contribution in [1.82, 2.24) is 0 Å². The van der Waals surface area contributed by atoms with Crippen molar-refractivity contribution in [2.75, 3.05) is 0 Å². The third-order valence-corrected chi connectivity index (χ3v) is 12.2. The predicted octanol–water partition coefficient (Wildman–Crippen LogP) is 7.66. The molecule has 0 nitrogen and oxygen atoms in total. The summed E-state index contributed by atoms with van der Waals surface area (Å²) in [7, 11) is -0.697. The van der Waals surface area contributed by atoms with E-state index in [0.29, 0.717) is 21.9 Å². The normalized spacial score (nSPS) is 18.4. The van der Waals surface area contributed by atoms with E-state index in [-0.39, 0.29) is 7.92 Å². The second kappa shape index (κ2) is 8.88. The van der Waals surface area contributed by atoms with Crippen LogP contribution in [-0.2, 0) is 0 Å². The van der Waals surface area contributed by atoms with Gasteiger partial charge in [-0.1, -0.05) is 135 Å². The van der Waals surface area contributed by atoms with Gasteiger partial charge in [-0.3, -0.25) is 0 Å². The Balaban J connectivity index is 2.04. The zero-order valence-electron chi connectivity index (χ0n) is 19.1. The van der Waals surface area contributed by atoms with Gasteiger partial charge in [0.2, 0.25) is 0 Å². The Hall–Kier alpha value is -1.22. The quantitative estimate of drug-likeness (QED) is 0.434. The minimum absolute atomic E-state index is 0.186. The third kappa shape index (κ3) is 5.10. The number of rotatable bonds is 5. The Labute approximate surface area is 181 Å². The molecule has 0 aliphatic heterocycles. The van der Waals surface area contributed by atoms with Gasteiger partial charge in [0.05, 0.1) is 0 Å². The lowest BCUT2D eigenvalue weighted by molar-refractivity contribution is 0.658. The Kier molecular flexibility index (Phi) is 6.88. The molecule has 0 bridgehead atoms. The van der Waals surface area contributed by atoms with Crippen molar-refractivity contribution in [2.24, 2.45) is 5.92 Å². The zero-order chi connectivity index (χ0) is 21.2. The molecule has 0 N–H and O–H groups in total. The monoisotopic (exact) mass is 422 g/mol. The van der Waals surface area contributed by atoms with Gasteiger partial charge in [0.1, 0.15) is 0 Å². The van der Waals surface area contributed by atoms with E-state index < -0.39 is 7.92 Å². The van der Waals surface area contributed by atoms with Crippen LogP contribution in [0.25, 0.3) is 0 Å². The van der Waals surface area contributed by atoms with Crippen molar-refractivity contribution in [3.05, 3.63) is 84.2 Å². The molecule has 0 heterocycles. The topological polar surface area (TPSA) is 0 Å². The van der Waals surface area contributed by atoms with Crippen LogP contribution in [-0.4, -0.2) is 16.0 Å². The Morgan fingerprint density at radius 2 is 1.17 bits per heavy atom. The lowest BCUT2D eigenvalue weighted by Crippen LogP contribution is -2.34. The fourth-order valence-corrected chi connectivity index (χ4v) is 12.9. The van der Waals surface area contributed by atoms with E-state index in [0.717, 1.165) is 0 Å². The summed E-state index contributed by atoms with van der Waals surface area (Å²) in [5.74, 6) is 0.520. The van der Waals surface area contributed by atoms with Crippen molar-refractivity contribution in [1.29, 1.82) is 0 Å². The lowest BCUT2D eigenvalue weighted by atomic mass is 10.1. The molecule has 154 valence electrons. The van der Waals surface area contributed by atoms with E-state index >= 15 is 0 Å². The van der Waals surface area contributed by atoms with Crippen molar-refractivity contribution >= 4 is 26.5 Å². The van der Waals surface area contributed by atoms with Gasteiger partial charge >= 0.3 is 0 Å². The highest BCUT2D eigenvalue weighted by molar-refractivity contribution is 7.76. The summed E-state index contributed by atoms with van der Waals surface area (Å²) in [6.07, 6.45) is 7.22. The maximum absolute atomic E-state index is 2.51. The molecule has 0 aromatic heterocycles. The molecule has 0 spiro atoms. The summed E-state index contributed by atoms with van der Waals surface area (Å²) in [6, 6.07) is 22.3. The van der Waals surface area contributed by atoms with Gasteiger partial charge < -0.3 is 0 Å². The molecule has 0 saturated heterocycles. The molecule has 1 aliphatic rings. The maximum Gasteiger partial charge on any atom is 0.00971 e. The summed E-state index contributed by atoms with van der Waals surface area (Å²) < 4.78 is 0. The van der Waals surface area contributed by atoms with Gasteiger partial charge in [-0.2, -0.15) is 0 Å². The first kappa shape index (κ1) is 22.5. The van der Waals surface area contributed by atoms with E-state index in [1.54, 1.807) is 5.31 Å². The molecule has 0 amide bonds. The van der Waals surface area contributed by atoms with Crippen LogP contribution < -0.4 is 10.6 Å². The smallest absolute Gasteiger partial charge is 0.00971 e. The minimum Gasteiger partial charge on any atom is -0.0918 e. The van der Waals surface area contributed by atoms with Crippen LogP contribution in [0.5, 0.6) is 0 Å². The number of hydrogen-bond acceptors (Lipinski definition) is 0. The molecule has 0 fully saturated rings. The fourth-order valence-electron chi connectivity index (χ4n) is 5.11. The van der Waals surface area contributed by atoms with Crippen LogP contribution in [0.15, 0.2) is 84.2 Å². The van der Waals surface area contributed by atoms with Crippen molar-refractivity contribution in [3.63, 3.8) is 0 Å².